The van der Waals surface area contributed by atoms with Gasteiger partial charge in [-0.25, -0.2) is 9.38 Å². The molecule has 30 heavy (non-hydrogen) atoms. The number of aromatic nitrogens is 4. The summed E-state index contributed by atoms with van der Waals surface area (Å²) in [5.41, 5.74) is 4.67. The molecule has 1 saturated carbocycles. The molecule has 5 heteroatoms. The maximum Gasteiger partial charge on any atom is 0.213 e. The van der Waals surface area contributed by atoms with Crippen LogP contribution in [-0.2, 0) is 6.42 Å². The molecule has 1 aliphatic heterocycles. The van der Waals surface area contributed by atoms with E-state index in [0.717, 1.165) is 47.3 Å². The molecule has 5 nitrogen and oxygen atoms in total. The van der Waals surface area contributed by atoms with Gasteiger partial charge in [-0.05, 0) is 62.6 Å². The molecule has 0 atom stereocenters. The predicted molar refractivity (Wildman–Crippen MR) is 120 cm³/mol. The lowest BCUT2D eigenvalue weighted by Gasteiger charge is -2.33. The van der Waals surface area contributed by atoms with Crippen molar-refractivity contribution in [1.29, 1.82) is 0 Å². The summed E-state index contributed by atoms with van der Waals surface area (Å²) in [4.78, 5) is 7.59. The highest BCUT2D eigenvalue weighted by molar-refractivity contribution is 5.93. The van der Waals surface area contributed by atoms with Crippen molar-refractivity contribution in [3.8, 4) is 0 Å². The Bertz CT molecular complexity index is 1200. The van der Waals surface area contributed by atoms with E-state index in [1.54, 1.807) is 0 Å². The molecule has 6 rings (SSSR count). The molecule has 152 valence electrons. The summed E-state index contributed by atoms with van der Waals surface area (Å²) < 4.78 is 2.26. The smallest absolute Gasteiger partial charge is 0.213 e. The molecule has 2 aliphatic rings. The van der Waals surface area contributed by atoms with Gasteiger partial charge in [0.1, 0.15) is 5.82 Å². The van der Waals surface area contributed by atoms with Gasteiger partial charge >= 0.3 is 0 Å². The molecule has 4 aromatic rings. The van der Waals surface area contributed by atoms with Crippen LogP contribution in [0.1, 0.15) is 48.6 Å². The van der Waals surface area contributed by atoms with E-state index in [0.29, 0.717) is 5.92 Å². The minimum Gasteiger partial charge on any atom is -0.342 e. The van der Waals surface area contributed by atoms with Crippen LogP contribution in [-0.4, -0.2) is 32.7 Å². The second kappa shape index (κ2) is 7.08. The van der Waals surface area contributed by atoms with E-state index in [1.165, 1.54) is 43.2 Å². The Morgan fingerprint density at radius 2 is 1.73 bits per heavy atom. The van der Waals surface area contributed by atoms with Gasteiger partial charge in [0.2, 0.25) is 5.95 Å². The molecule has 2 fully saturated rings. The van der Waals surface area contributed by atoms with Gasteiger partial charge in [-0.2, -0.15) is 0 Å². The average molecular weight is 398 g/mol. The van der Waals surface area contributed by atoms with Crippen LogP contribution in [0.5, 0.6) is 0 Å². The van der Waals surface area contributed by atoms with E-state index >= 15 is 0 Å². The predicted octanol–water partition coefficient (Wildman–Crippen LogP) is 4.92. The van der Waals surface area contributed by atoms with E-state index in [2.05, 4.69) is 75.0 Å². The zero-order chi connectivity index (χ0) is 20.1. The number of aryl methyl sites for hydroxylation is 1. The quantitative estimate of drug-likeness (QED) is 0.490. The maximum atomic E-state index is 5.13. The topological polar surface area (TPSA) is 46.3 Å². The van der Waals surface area contributed by atoms with Crippen molar-refractivity contribution in [2.75, 3.05) is 18.0 Å². The molecular weight excluding hydrogens is 370 g/mol. The molecule has 0 bridgehead atoms. The molecule has 2 aromatic heterocycles. The van der Waals surface area contributed by atoms with Gasteiger partial charge in [0.25, 0.3) is 0 Å². The first-order valence-corrected chi connectivity index (χ1v) is 11.2. The van der Waals surface area contributed by atoms with Gasteiger partial charge in [0.15, 0.2) is 5.65 Å². The molecular formula is C25H27N5. The van der Waals surface area contributed by atoms with Gasteiger partial charge in [0.05, 0.1) is 5.52 Å². The molecule has 0 amide bonds. The van der Waals surface area contributed by atoms with Crippen LogP contribution in [0.25, 0.3) is 16.6 Å². The Balaban J connectivity index is 1.34. The molecule has 0 N–H and O–H groups in total. The summed E-state index contributed by atoms with van der Waals surface area (Å²) in [6.07, 6.45) is 6.00. The molecule has 1 aliphatic carbocycles. The second-order valence-corrected chi connectivity index (χ2v) is 9.04. The first-order valence-electron chi connectivity index (χ1n) is 11.2. The zero-order valence-electron chi connectivity index (χ0n) is 17.5. The summed E-state index contributed by atoms with van der Waals surface area (Å²) >= 11 is 0. The Labute approximate surface area is 176 Å². The van der Waals surface area contributed by atoms with E-state index in [4.69, 9.17) is 4.98 Å². The lowest BCUT2D eigenvalue weighted by Crippen LogP contribution is -2.36. The van der Waals surface area contributed by atoms with E-state index in [9.17, 15) is 0 Å². The fourth-order valence-electron chi connectivity index (χ4n) is 4.85. The first kappa shape index (κ1) is 17.9. The number of hydrogen-bond donors (Lipinski definition) is 0. The van der Waals surface area contributed by atoms with Crippen molar-refractivity contribution >= 4 is 22.5 Å². The minimum absolute atomic E-state index is 0.540. The van der Waals surface area contributed by atoms with Crippen LogP contribution in [0.4, 0.5) is 5.95 Å². The number of rotatable bonds is 4. The Morgan fingerprint density at radius 3 is 2.50 bits per heavy atom. The number of piperidine rings is 1. The summed E-state index contributed by atoms with van der Waals surface area (Å²) in [6, 6.07) is 17.4. The van der Waals surface area contributed by atoms with Crippen molar-refractivity contribution in [2.45, 2.75) is 44.9 Å². The van der Waals surface area contributed by atoms with Crippen LogP contribution in [0.15, 0.2) is 48.5 Å². The Kier molecular flexibility index (Phi) is 4.22. The number of benzene rings is 2. The third-order valence-electron chi connectivity index (χ3n) is 6.71. The van der Waals surface area contributed by atoms with Crippen LogP contribution in [0, 0.1) is 12.8 Å². The monoisotopic (exact) mass is 397 g/mol. The van der Waals surface area contributed by atoms with E-state index in [-0.39, 0.29) is 0 Å². The SMILES string of the molecule is Cc1ccc2nc(N3CCC(Cc4ccccc4)CC3)n3c(C4CC4)nnc3c2c1. The zero-order valence-corrected chi connectivity index (χ0v) is 17.5. The van der Waals surface area contributed by atoms with Crippen molar-refractivity contribution in [3.63, 3.8) is 0 Å². The maximum absolute atomic E-state index is 5.13. The highest BCUT2D eigenvalue weighted by atomic mass is 15.4. The van der Waals surface area contributed by atoms with Gasteiger partial charge in [-0.15, -0.1) is 10.2 Å². The molecule has 2 aromatic carbocycles. The fraction of sp³-hybridized carbons (Fsp3) is 0.400. The molecule has 0 radical (unpaired) electrons. The highest BCUT2D eigenvalue weighted by Gasteiger charge is 2.32. The molecule has 0 unspecified atom stereocenters. The van der Waals surface area contributed by atoms with Crippen molar-refractivity contribution < 1.29 is 0 Å². The Hall–Kier alpha value is -2.95. The lowest BCUT2D eigenvalue weighted by molar-refractivity contribution is 0.400. The normalized spacial score (nSPS) is 17.8. The summed E-state index contributed by atoms with van der Waals surface area (Å²) in [5, 5.41) is 10.3. The van der Waals surface area contributed by atoms with Gasteiger partial charge < -0.3 is 4.90 Å². The van der Waals surface area contributed by atoms with Gasteiger partial charge in [-0.1, -0.05) is 42.0 Å². The summed E-state index contributed by atoms with van der Waals surface area (Å²) in [7, 11) is 0. The third-order valence-corrected chi connectivity index (χ3v) is 6.71. The number of fused-ring (bicyclic) bond motifs is 3. The standard InChI is InChI=1S/C25H27N5/c1-17-7-10-22-21(15-17)24-28-27-23(20-8-9-20)30(24)25(26-22)29-13-11-19(12-14-29)16-18-5-3-2-4-6-18/h2-7,10,15,19-20H,8-9,11-14,16H2,1H3. The number of nitrogens with zero attached hydrogens (tertiary/aromatic N) is 5. The average Bonchev–Trinajstić information content (AvgIpc) is 3.53. The van der Waals surface area contributed by atoms with Crippen LogP contribution in [0.2, 0.25) is 0 Å². The van der Waals surface area contributed by atoms with Gasteiger partial charge in [0, 0.05) is 24.4 Å². The van der Waals surface area contributed by atoms with Crippen molar-refractivity contribution in [3.05, 3.63) is 65.5 Å². The Morgan fingerprint density at radius 1 is 0.933 bits per heavy atom. The van der Waals surface area contributed by atoms with Crippen molar-refractivity contribution in [1.82, 2.24) is 19.6 Å². The summed E-state index contributed by atoms with van der Waals surface area (Å²) in [6.45, 7) is 4.21. The first-order chi connectivity index (χ1) is 14.8. The number of hydrogen-bond acceptors (Lipinski definition) is 4. The van der Waals surface area contributed by atoms with Gasteiger partial charge in [-0.3, -0.25) is 0 Å². The van der Waals surface area contributed by atoms with Crippen molar-refractivity contribution in [2.24, 2.45) is 5.92 Å². The number of anilines is 1. The van der Waals surface area contributed by atoms with Crippen LogP contribution >= 0.6 is 0 Å². The molecule has 1 saturated heterocycles. The minimum atomic E-state index is 0.540. The fourth-order valence-corrected chi connectivity index (χ4v) is 4.85. The van der Waals surface area contributed by atoms with Crippen LogP contribution < -0.4 is 4.90 Å². The van der Waals surface area contributed by atoms with Crippen LogP contribution in [0.3, 0.4) is 0 Å². The third kappa shape index (κ3) is 3.13. The lowest BCUT2D eigenvalue weighted by atomic mass is 9.90. The van der Waals surface area contributed by atoms with E-state index < -0.39 is 0 Å². The largest absolute Gasteiger partial charge is 0.342 e. The second-order valence-electron chi connectivity index (χ2n) is 9.04. The molecule has 3 heterocycles. The highest BCUT2D eigenvalue weighted by Crippen LogP contribution is 2.41. The summed E-state index contributed by atoms with van der Waals surface area (Å²) in [5.74, 6) is 3.42. The molecule has 0 spiro atoms. The van der Waals surface area contributed by atoms with E-state index in [1.807, 2.05) is 0 Å².